The lowest BCUT2D eigenvalue weighted by Crippen LogP contribution is -1.97. The standard InChI is InChI=1S/C18H20N2O2/c1-3-20-11-13(15-9-8-14(19)10-16(15)20)12-22-18-7-5-4-6-17(18)21-2/h4-11H,3,12,19H2,1-2H3. The molecule has 22 heavy (non-hydrogen) atoms. The van der Waals surface area contributed by atoms with Crippen LogP contribution in [0.25, 0.3) is 10.9 Å². The monoisotopic (exact) mass is 296 g/mol. The molecular formula is C18H20N2O2. The number of fused-ring (bicyclic) bond motifs is 1. The second-order valence-electron chi connectivity index (χ2n) is 5.16. The van der Waals surface area contributed by atoms with Gasteiger partial charge in [-0.15, -0.1) is 0 Å². The molecule has 0 aliphatic rings. The first-order valence-electron chi connectivity index (χ1n) is 7.36. The smallest absolute Gasteiger partial charge is 0.161 e. The lowest BCUT2D eigenvalue weighted by molar-refractivity contribution is 0.285. The third kappa shape index (κ3) is 2.60. The minimum atomic E-state index is 0.494. The highest BCUT2D eigenvalue weighted by molar-refractivity contribution is 5.86. The molecule has 0 atom stereocenters. The van der Waals surface area contributed by atoms with Crippen molar-refractivity contribution in [2.75, 3.05) is 12.8 Å². The fourth-order valence-electron chi connectivity index (χ4n) is 2.66. The number of aryl methyl sites for hydroxylation is 1. The zero-order valence-corrected chi connectivity index (χ0v) is 12.9. The predicted octanol–water partition coefficient (Wildman–Crippen LogP) is 3.83. The number of rotatable bonds is 5. The largest absolute Gasteiger partial charge is 0.493 e. The molecule has 1 aromatic heterocycles. The summed E-state index contributed by atoms with van der Waals surface area (Å²) >= 11 is 0. The highest BCUT2D eigenvalue weighted by Gasteiger charge is 2.10. The van der Waals surface area contributed by atoms with Gasteiger partial charge in [0.05, 0.1) is 12.6 Å². The Morgan fingerprint density at radius 1 is 1.09 bits per heavy atom. The van der Waals surface area contributed by atoms with E-state index in [1.54, 1.807) is 7.11 Å². The molecule has 4 heteroatoms. The van der Waals surface area contributed by atoms with Gasteiger partial charge in [0.2, 0.25) is 0 Å². The molecule has 114 valence electrons. The van der Waals surface area contributed by atoms with Gasteiger partial charge in [-0.2, -0.15) is 0 Å². The average Bonchev–Trinajstić information content (AvgIpc) is 2.90. The van der Waals surface area contributed by atoms with Crippen molar-refractivity contribution in [2.45, 2.75) is 20.1 Å². The summed E-state index contributed by atoms with van der Waals surface area (Å²) in [6, 6.07) is 13.7. The highest BCUT2D eigenvalue weighted by Crippen LogP contribution is 2.29. The van der Waals surface area contributed by atoms with E-state index >= 15 is 0 Å². The van der Waals surface area contributed by atoms with Crippen LogP contribution in [-0.2, 0) is 13.2 Å². The zero-order valence-electron chi connectivity index (χ0n) is 12.9. The Morgan fingerprint density at radius 2 is 1.86 bits per heavy atom. The number of hydrogen-bond acceptors (Lipinski definition) is 3. The number of nitrogens with zero attached hydrogens (tertiary/aromatic N) is 1. The van der Waals surface area contributed by atoms with Gasteiger partial charge >= 0.3 is 0 Å². The molecule has 0 spiro atoms. The van der Waals surface area contributed by atoms with Gasteiger partial charge in [-0.1, -0.05) is 18.2 Å². The Bertz CT molecular complexity index is 793. The van der Waals surface area contributed by atoms with Crippen LogP contribution in [-0.4, -0.2) is 11.7 Å². The molecule has 2 aromatic carbocycles. The number of nitrogens with two attached hydrogens (primary N) is 1. The van der Waals surface area contributed by atoms with E-state index in [4.69, 9.17) is 15.2 Å². The van der Waals surface area contributed by atoms with Crippen LogP contribution < -0.4 is 15.2 Å². The summed E-state index contributed by atoms with van der Waals surface area (Å²) in [5.74, 6) is 1.49. The van der Waals surface area contributed by atoms with Crippen LogP contribution in [0.4, 0.5) is 5.69 Å². The Kier molecular flexibility index (Phi) is 3.92. The van der Waals surface area contributed by atoms with Crippen molar-refractivity contribution in [3.63, 3.8) is 0 Å². The van der Waals surface area contributed by atoms with Gasteiger partial charge in [0.25, 0.3) is 0 Å². The lowest BCUT2D eigenvalue weighted by Gasteiger charge is -2.09. The lowest BCUT2D eigenvalue weighted by atomic mass is 10.1. The number of methoxy groups -OCH3 is 1. The number of nitrogen functional groups attached to an aromatic ring is 1. The highest BCUT2D eigenvalue weighted by atomic mass is 16.5. The maximum absolute atomic E-state index is 5.94. The second-order valence-corrected chi connectivity index (χ2v) is 5.16. The number of ether oxygens (including phenoxy) is 2. The van der Waals surface area contributed by atoms with E-state index in [-0.39, 0.29) is 0 Å². The minimum Gasteiger partial charge on any atom is -0.493 e. The van der Waals surface area contributed by atoms with Crippen molar-refractivity contribution in [3.05, 3.63) is 54.2 Å². The molecule has 0 unspecified atom stereocenters. The number of anilines is 1. The molecule has 1 heterocycles. The van der Waals surface area contributed by atoms with Crippen molar-refractivity contribution < 1.29 is 9.47 Å². The van der Waals surface area contributed by atoms with E-state index in [1.165, 1.54) is 5.39 Å². The Hall–Kier alpha value is -2.62. The van der Waals surface area contributed by atoms with E-state index < -0.39 is 0 Å². The Morgan fingerprint density at radius 3 is 2.59 bits per heavy atom. The van der Waals surface area contributed by atoms with Crippen LogP contribution in [0, 0.1) is 0 Å². The fourth-order valence-corrected chi connectivity index (χ4v) is 2.66. The number of hydrogen-bond donors (Lipinski definition) is 1. The van der Waals surface area contributed by atoms with Gasteiger partial charge in [-0.05, 0) is 31.2 Å². The Labute approximate surface area is 130 Å². The summed E-state index contributed by atoms with van der Waals surface area (Å²) in [5, 5.41) is 1.17. The van der Waals surface area contributed by atoms with Gasteiger partial charge in [-0.3, -0.25) is 0 Å². The van der Waals surface area contributed by atoms with Crippen LogP contribution in [0.1, 0.15) is 12.5 Å². The number of para-hydroxylation sites is 2. The molecule has 0 saturated carbocycles. The molecule has 3 rings (SSSR count). The van der Waals surface area contributed by atoms with E-state index in [9.17, 15) is 0 Å². The van der Waals surface area contributed by atoms with Crippen molar-refractivity contribution in [1.29, 1.82) is 0 Å². The zero-order chi connectivity index (χ0) is 15.5. The molecule has 0 bridgehead atoms. The molecular weight excluding hydrogens is 276 g/mol. The molecule has 0 fully saturated rings. The molecule has 2 N–H and O–H groups in total. The average molecular weight is 296 g/mol. The second kappa shape index (κ2) is 6.02. The molecule has 4 nitrogen and oxygen atoms in total. The predicted molar refractivity (Wildman–Crippen MR) is 89.4 cm³/mol. The number of benzene rings is 2. The summed E-state index contributed by atoms with van der Waals surface area (Å²) in [7, 11) is 1.65. The van der Waals surface area contributed by atoms with Gasteiger partial charge in [0, 0.05) is 29.4 Å². The molecule has 0 aliphatic carbocycles. The van der Waals surface area contributed by atoms with Gasteiger partial charge < -0.3 is 19.8 Å². The molecule has 0 amide bonds. The van der Waals surface area contributed by atoms with Gasteiger partial charge in [0.15, 0.2) is 11.5 Å². The van der Waals surface area contributed by atoms with Gasteiger partial charge in [0.1, 0.15) is 6.61 Å². The van der Waals surface area contributed by atoms with Crippen molar-refractivity contribution >= 4 is 16.6 Å². The third-order valence-electron chi connectivity index (χ3n) is 3.78. The maximum atomic E-state index is 5.94. The quantitative estimate of drug-likeness (QED) is 0.728. The SMILES string of the molecule is CCn1cc(COc2ccccc2OC)c2ccc(N)cc21. The van der Waals surface area contributed by atoms with Crippen LogP contribution in [0.15, 0.2) is 48.7 Å². The Balaban J connectivity index is 1.91. The summed E-state index contributed by atoms with van der Waals surface area (Å²) < 4.78 is 13.4. The molecule has 0 aliphatic heterocycles. The van der Waals surface area contributed by atoms with E-state index in [0.717, 1.165) is 34.8 Å². The van der Waals surface area contributed by atoms with Crippen molar-refractivity contribution in [3.8, 4) is 11.5 Å². The van der Waals surface area contributed by atoms with Crippen LogP contribution in [0.3, 0.4) is 0 Å². The summed E-state index contributed by atoms with van der Waals surface area (Å²) in [6.45, 7) is 3.51. The minimum absolute atomic E-state index is 0.494. The summed E-state index contributed by atoms with van der Waals surface area (Å²) in [6.07, 6.45) is 2.12. The normalized spacial score (nSPS) is 10.8. The third-order valence-corrected chi connectivity index (χ3v) is 3.78. The first-order chi connectivity index (χ1) is 10.7. The van der Waals surface area contributed by atoms with E-state index in [0.29, 0.717) is 6.61 Å². The van der Waals surface area contributed by atoms with Gasteiger partial charge in [-0.25, -0.2) is 0 Å². The molecule has 0 radical (unpaired) electrons. The summed E-state index contributed by atoms with van der Waals surface area (Å²) in [4.78, 5) is 0. The van der Waals surface area contributed by atoms with Crippen LogP contribution >= 0.6 is 0 Å². The summed E-state index contributed by atoms with van der Waals surface area (Å²) in [5.41, 5.74) is 8.96. The number of aromatic nitrogens is 1. The van der Waals surface area contributed by atoms with Crippen molar-refractivity contribution in [1.82, 2.24) is 4.57 Å². The van der Waals surface area contributed by atoms with Crippen LogP contribution in [0.2, 0.25) is 0 Å². The fraction of sp³-hybridized carbons (Fsp3) is 0.222. The van der Waals surface area contributed by atoms with E-state index in [1.807, 2.05) is 36.4 Å². The molecule has 3 aromatic rings. The van der Waals surface area contributed by atoms with Crippen LogP contribution in [0.5, 0.6) is 11.5 Å². The molecule has 0 saturated heterocycles. The maximum Gasteiger partial charge on any atom is 0.161 e. The van der Waals surface area contributed by atoms with E-state index in [2.05, 4.69) is 23.8 Å². The topological polar surface area (TPSA) is 49.4 Å². The van der Waals surface area contributed by atoms with Crippen molar-refractivity contribution in [2.24, 2.45) is 0 Å². The first kappa shape index (κ1) is 14.3. The first-order valence-corrected chi connectivity index (χ1v) is 7.36.